The lowest BCUT2D eigenvalue weighted by Crippen LogP contribution is -2.22. The molecule has 0 spiro atoms. The predicted octanol–water partition coefficient (Wildman–Crippen LogP) is 6.76. The van der Waals surface area contributed by atoms with Crippen LogP contribution in [0.25, 0.3) is 0 Å². The van der Waals surface area contributed by atoms with E-state index in [1.807, 2.05) is 24.3 Å². The molecule has 36 heavy (non-hydrogen) atoms. The van der Waals surface area contributed by atoms with Crippen LogP contribution in [0.15, 0.2) is 109 Å². The Bertz CT molecular complexity index is 1190. The largest absolute Gasteiger partial charge is 0.465 e. The molecule has 0 aliphatic rings. The van der Waals surface area contributed by atoms with Gasteiger partial charge in [0, 0.05) is 13.1 Å². The zero-order valence-corrected chi connectivity index (χ0v) is 21.0. The van der Waals surface area contributed by atoms with Crippen LogP contribution in [0, 0.1) is 0 Å². The molecule has 0 aliphatic carbocycles. The summed E-state index contributed by atoms with van der Waals surface area (Å²) in [6.07, 6.45) is 4.28. The number of carbonyl (C=O) groups excluding carboxylic acids is 1. The number of benzene rings is 4. The first kappa shape index (κ1) is 25.4. The van der Waals surface area contributed by atoms with Crippen LogP contribution < -0.4 is 5.32 Å². The second-order valence-corrected chi connectivity index (χ2v) is 9.27. The maximum Gasteiger partial charge on any atom is 0.337 e. The molecule has 0 radical (unpaired) electrons. The molecule has 0 saturated carbocycles. The van der Waals surface area contributed by atoms with E-state index in [2.05, 4.69) is 90.2 Å². The van der Waals surface area contributed by atoms with Crippen LogP contribution in [-0.4, -0.2) is 19.6 Å². The van der Waals surface area contributed by atoms with Crippen LogP contribution in [0.1, 0.15) is 50.5 Å². The Kier molecular flexibility index (Phi) is 9.46. The second kappa shape index (κ2) is 13.4. The normalized spacial score (nSPS) is 11.7. The zero-order chi connectivity index (χ0) is 25.0. The van der Waals surface area contributed by atoms with Gasteiger partial charge in [-0.3, -0.25) is 0 Å². The van der Waals surface area contributed by atoms with Gasteiger partial charge >= 0.3 is 5.97 Å². The molecule has 0 aromatic heterocycles. The van der Waals surface area contributed by atoms with Gasteiger partial charge in [0.25, 0.3) is 0 Å². The fourth-order valence-corrected chi connectivity index (χ4v) is 4.53. The van der Waals surface area contributed by atoms with Gasteiger partial charge in [-0.15, -0.1) is 0 Å². The Hall–Kier alpha value is -3.69. The number of methoxy groups -OCH3 is 1. The molecule has 1 unspecified atom stereocenters. The zero-order valence-electron chi connectivity index (χ0n) is 21.0. The Labute approximate surface area is 215 Å². The summed E-state index contributed by atoms with van der Waals surface area (Å²) in [6.45, 7) is 1.67. The van der Waals surface area contributed by atoms with Crippen molar-refractivity contribution in [1.82, 2.24) is 5.32 Å². The molecule has 1 atom stereocenters. The third-order valence-electron chi connectivity index (χ3n) is 6.72. The molecular weight excluding hydrogens is 442 g/mol. The number of ether oxygens (including phenoxy) is 1. The summed E-state index contributed by atoms with van der Waals surface area (Å²) in [5.74, 6) is 0.126. The number of aryl methyl sites for hydroxylation is 3. The molecule has 184 valence electrons. The van der Waals surface area contributed by atoms with Crippen LogP contribution in [0.3, 0.4) is 0 Å². The highest BCUT2D eigenvalue weighted by atomic mass is 16.5. The lowest BCUT2D eigenvalue weighted by atomic mass is 9.91. The van der Waals surface area contributed by atoms with E-state index >= 15 is 0 Å². The van der Waals surface area contributed by atoms with Gasteiger partial charge < -0.3 is 10.1 Å². The number of hydrogen-bond acceptors (Lipinski definition) is 3. The van der Waals surface area contributed by atoms with E-state index in [-0.39, 0.29) is 5.97 Å². The highest BCUT2D eigenvalue weighted by molar-refractivity contribution is 5.89. The minimum absolute atomic E-state index is 0.303. The Morgan fingerprint density at radius 2 is 1.19 bits per heavy atom. The van der Waals surface area contributed by atoms with Gasteiger partial charge in [0.05, 0.1) is 12.7 Å². The summed E-state index contributed by atoms with van der Waals surface area (Å²) in [5, 5.41) is 3.62. The first-order valence-corrected chi connectivity index (χ1v) is 12.8. The van der Waals surface area contributed by atoms with Crippen LogP contribution in [0.5, 0.6) is 0 Å². The van der Waals surface area contributed by atoms with Crippen molar-refractivity contribution in [1.29, 1.82) is 0 Å². The van der Waals surface area contributed by atoms with Crippen molar-refractivity contribution in [2.24, 2.45) is 0 Å². The van der Waals surface area contributed by atoms with Gasteiger partial charge in [-0.05, 0) is 71.6 Å². The van der Waals surface area contributed by atoms with E-state index < -0.39 is 0 Å². The lowest BCUT2D eigenvalue weighted by molar-refractivity contribution is 0.0600. The summed E-state index contributed by atoms with van der Waals surface area (Å²) in [6, 6.07) is 38.2. The van der Waals surface area contributed by atoms with E-state index in [1.165, 1.54) is 29.4 Å². The van der Waals surface area contributed by atoms with E-state index in [4.69, 9.17) is 4.74 Å². The highest BCUT2D eigenvalue weighted by Crippen LogP contribution is 2.22. The monoisotopic (exact) mass is 477 g/mol. The van der Waals surface area contributed by atoms with Crippen molar-refractivity contribution < 1.29 is 9.53 Å². The van der Waals surface area contributed by atoms with Gasteiger partial charge in [-0.25, -0.2) is 4.79 Å². The third-order valence-corrected chi connectivity index (χ3v) is 6.72. The molecule has 0 heterocycles. The Balaban J connectivity index is 1.30. The Morgan fingerprint density at radius 3 is 1.81 bits per heavy atom. The van der Waals surface area contributed by atoms with Crippen molar-refractivity contribution in [2.75, 3.05) is 13.7 Å². The lowest BCUT2D eigenvalue weighted by Gasteiger charge is -2.19. The standard InChI is InChI=1S/C33H35NO2/c1-36-33(35)31-21-19-29(20-22-31)24-34-25-32(30-10-6-3-7-11-30)23-18-28-16-14-27(15-17-28)13-12-26-8-4-2-5-9-26/h2-11,14-17,19-22,32,34H,12-13,18,23-25H2,1H3. The minimum Gasteiger partial charge on any atom is -0.465 e. The van der Waals surface area contributed by atoms with E-state index in [0.29, 0.717) is 11.5 Å². The highest BCUT2D eigenvalue weighted by Gasteiger charge is 2.12. The molecule has 4 aromatic rings. The van der Waals surface area contributed by atoms with Crippen molar-refractivity contribution in [3.8, 4) is 0 Å². The van der Waals surface area contributed by atoms with Gasteiger partial charge in [-0.2, -0.15) is 0 Å². The first-order chi connectivity index (χ1) is 17.7. The van der Waals surface area contributed by atoms with Crippen LogP contribution in [0.4, 0.5) is 0 Å². The quantitative estimate of drug-likeness (QED) is 0.229. The van der Waals surface area contributed by atoms with Gasteiger partial charge in [0.1, 0.15) is 0 Å². The summed E-state index contributed by atoms with van der Waals surface area (Å²) < 4.78 is 4.78. The average Bonchev–Trinajstić information content (AvgIpc) is 2.95. The van der Waals surface area contributed by atoms with E-state index in [1.54, 1.807) is 0 Å². The first-order valence-electron chi connectivity index (χ1n) is 12.8. The topological polar surface area (TPSA) is 38.3 Å². The molecule has 0 fully saturated rings. The molecule has 3 heteroatoms. The van der Waals surface area contributed by atoms with Crippen molar-refractivity contribution in [2.45, 2.75) is 38.1 Å². The smallest absolute Gasteiger partial charge is 0.337 e. The number of nitrogens with one attached hydrogen (secondary N) is 1. The van der Waals surface area contributed by atoms with Crippen LogP contribution in [0.2, 0.25) is 0 Å². The molecule has 4 aromatic carbocycles. The Morgan fingerprint density at radius 1 is 0.667 bits per heavy atom. The SMILES string of the molecule is COC(=O)c1ccc(CNCC(CCc2ccc(CCc3ccccc3)cc2)c2ccccc2)cc1. The van der Waals surface area contributed by atoms with E-state index in [9.17, 15) is 4.79 Å². The number of hydrogen-bond donors (Lipinski definition) is 1. The predicted molar refractivity (Wildman–Crippen MR) is 147 cm³/mol. The second-order valence-electron chi connectivity index (χ2n) is 9.27. The molecule has 4 rings (SSSR count). The van der Waals surface area contributed by atoms with Gasteiger partial charge in [-0.1, -0.05) is 97.1 Å². The maximum absolute atomic E-state index is 11.6. The summed E-state index contributed by atoms with van der Waals surface area (Å²) >= 11 is 0. The van der Waals surface area contributed by atoms with Crippen molar-refractivity contribution >= 4 is 5.97 Å². The molecule has 1 N–H and O–H groups in total. The maximum atomic E-state index is 11.6. The molecule has 0 amide bonds. The van der Waals surface area contributed by atoms with Gasteiger partial charge in [0.15, 0.2) is 0 Å². The summed E-state index contributed by atoms with van der Waals surface area (Å²) in [5.41, 5.74) is 7.26. The summed E-state index contributed by atoms with van der Waals surface area (Å²) in [4.78, 5) is 11.6. The van der Waals surface area contributed by atoms with E-state index in [0.717, 1.165) is 44.3 Å². The minimum atomic E-state index is -0.303. The average molecular weight is 478 g/mol. The van der Waals surface area contributed by atoms with Crippen molar-refractivity contribution in [3.05, 3.63) is 143 Å². The van der Waals surface area contributed by atoms with Crippen molar-refractivity contribution in [3.63, 3.8) is 0 Å². The fourth-order valence-electron chi connectivity index (χ4n) is 4.53. The van der Waals surface area contributed by atoms with Crippen LogP contribution in [-0.2, 0) is 30.5 Å². The fraction of sp³-hybridized carbons (Fsp3) is 0.242. The van der Waals surface area contributed by atoms with Gasteiger partial charge in [0.2, 0.25) is 0 Å². The molecule has 0 bridgehead atoms. The third kappa shape index (κ3) is 7.66. The number of rotatable bonds is 12. The molecular formula is C33H35NO2. The number of carbonyl (C=O) groups is 1. The molecule has 0 aliphatic heterocycles. The van der Waals surface area contributed by atoms with Crippen LogP contribution >= 0.6 is 0 Å². The summed E-state index contributed by atoms with van der Waals surface area (Å²) in [7, 11) is 1.40. The number of esters is 1. The molecule has 0 saturated heterocycles. The molecule has 3 nitrogen and oxygen atoms in total.